The van der Waals surface area contributed by atoms with Gasteiger partial charge in [0, 0.05) is 34.8 Å². The Morgan fingerprint density at radius 1 is 1.38 bits per heavy atom. The van der Waals surface area contributed by atoms with Crippen molar-refractivity contribution in [3.05, 3.63) is 57.0 Å². The average Bonchev–Trinajstić information content (AvgIpc) is 3.25. The van der Waals surface area contributed by atoms with Crippen molar-refractivity contribution in [2.75, 3.05) is 13.1 Å². The molecule has 1 saturated carbocycles. The fourth-order valence-electron chi connectivity index (χ4n) is 3.52. The Morgan fingerprint density at radius 3 is 2.96 bits per heavy atom. The van der Waals surface area contributed by atoms with Crippen molar-refractivity contribution in [2.24, 2.45) is 0 Å². The minimum Gasteiger partial charge on any atom is -0.337 e. The van der Waals surface area contributed by atoms with E-state index in [0.717, 1.165) is 31.5 Å². The number of thiophene rings is 1. The molecule has 24 heavy (non-hydrogen) atoms. The molecule has 0 saturated heterocycles. The Labute approximate surface area is 145 Å². The fraction of sp³-hybridized carbons (Fsp3) is 0.421. The van der Waals surface area contributed by atoms with E-state index < -0.39 is 0 Å². The molecule has 0 radical (unpaired) electrons. The van der Waals surface area contributed by atoms with Gasteiger partial charge in [0.15, 0.2) is 0 Å². The molecular weight excluding hydrogens is 323 g/mol. The standard InChI is InChI=1S/C19H21FN2OS/c1-12-8-14-11-22(7-6-18(14)24-12)19(23)10-21-17-9-16(17)13-2-4-15(20)5-3-13/h2-5,8,16-17,21H,6-7,9-11H2,1H3. The summed E-state index contributed by atoms with van der Waals surface area (Å²) in [6.45, 7) is 4.08. The Morgan fingerprint density at radius 2 is 2.17 bits per heavy atom. The normalized spacial score (nSPS) is 22.3. The van der Waals surface area contributed by atoms with E-state index in [-0.39, 0.29) is 11.7 Å². The van der Waals surface area contributed by atoms with Crippen LogP contribution in [-0.2, 0) is 17.8 Å². The van der Waals surface area contributed by atoms with Crippen LogP contribution in [0.2, 0.25) is 0 Å². The first-order chi connectivity index (χ1) is 11.6. The summed E-state index contributed by atoms with van der Waals surface area (Å²) in [6.07, 6.45) is 1.99. The molecule has 5 heteroatoms. The van der Waals surface area contributed by atoms with Crippen LogP contribution in [0, 0.1) is 12.7 Å². The molecule has 0 bridgehead atoms. The second kappa shape index (κ2) is 6.30. The zero-order chi connectivity index (χ0) is 16.7. The summed E-state index contributed by atoms with van der Waals surface area (Å²) < 4.78 is 13.0. The summed E-state index contributed by atoms with van der Waals surface area (Å²) in [5, 5.41) is 3.36. The molecule has 1 amide bonds. The molecule has 1 aliphatic carbocycles. The van der Waals surface area contributed by atoms with Gasteiger partial charge in [-0.3, -0.25) is 4.79 Å². The number of nitrogens with zero attached hydrogens (tertiary/aromatic N) is 1. The van der Waals surface area contributed by atoms with Gasteiger partial charge in [-0.05, 0) is 49.1 Å². The van der Waals surface area contributed by atoms with Gasteiger partial charge < -0.3 is 10.2 Å². The van der Waals surface area contributed by atoms with Gasteiger partial charge in [0.2, 0.25) is 5.91 Å². The molecule has 2 aliphatic rings. The molecule has 2 unspecified atom stereocenters. The molecule has 2 heterocycles. The van der Waals surface area contributed by atoms with Crippen LogP contribution in [0.5, 0.6) is 0 Å². The topological polar surface area (TPSA) is 32.3 Å². The third kappa shape index (κ3) is 3.23. The predicted molar refractivity (Wildman–Crippen MR) is 93.7 cm³/mol. The number of rotatable bonds is 4. The van der Waals surface area contributed by atoms with Gasteiger partial charge >= 0.3 is 0 Å². The van der Waals surface area contributed by atoms with Crippen LogP contribution in [-0.4, -0.2) is 29.9 Å². The predicted octanol–water partition coefficient (Wildman–Crippen LogP) is 3.23. The first-order valence-corrected chi connectivity index (χ1v) is 9.26. The Bertz CT molecular complexity index is 755. The average molecular weight is 344 g/mol. The lowest BCUT2D eigenvalue weighted by Gasteiger charge is -2.27. The van der Waals surface area contributed by atoms with E-state index in [0.29, 0.717) is 18.5 Å². The summed E-state index contributed by atoms with van der Waals surface area (Å²) in [7, 11) is 0. The highest BCUT2D eigenvalue weighted by atomic mass is 32.1. The number of hydrogen-bond donors (Lipinski definition) is 1. The zero-order valence-electron chi connectivity index (χ0n) is 13.7. The number of hydrogen-bond acceptors (Lipinski definition) is 3. The van der Waals surface area contributed by atoms with Crippen LogP contribution in [0.3, 0.4) is 0 Å². The maximum Gasteiger partial charge on any atom is 0.236 e. The summed E-state index contributed by atoms with van der Waals surface area (Å²) in [5.74, 6) is 0.382. The van der Waals surface area contributed by atoms with Crippen LogP contribution in [0.4, 0.5) is 4.39 Å². The number of nitrogens with one attached hydrogen (secondary N) is 1. The molecule has 3 nitrogen and oxygen atoms in total. The maximum atomic E-state index is 13.0. The SMILES string of the molecule is Cc1cc2c(s1)CCN(C(=O)CNC1CC1c1ccc(F)cc1)C2. The molecule has 0 spiro atoms. The van der Waals surface area contributed by atoms with Gasteiger partial charge in [-0.2, -0.15) is 0 Å². The van der Waals surface area contributed by atoms with Gasteiger partial charge in [0.05, 0.1) is 6.54 Å². The zero-order valence-corrected chi connectivity index (χ0v) is 14.5. The van der Waals surface area contributed by atoms with Crippen molar-refractivity contribution in [2.45, 2.75) is 38.3 Å². The van der Waals surface area contributed by atoms with E-state index in [9.17, 15) is 9.18 Å². The Balaban J connectivity index is 1.28. The molecular formula is C19H21FN2OS. The number of benzene rings is 1. The van der Waals surface area contributed by atoms with E-state index in [1.807, 2.05) is 28.4 Å². The van der Waals surface area contributed by atoms with E-state index in [2.05, 4.69) is 18.3 Å². The molecule has 1 aromatic heterocycles. The lowest BCUT2D eigenvalue weighted by atomic mass is 10.1. The molecule has 2 atom stereocenters. The molecule has 1 N–H and O–H groups in total. The highest BCUT2D eigenvalue weighted by Gasteiger charge is 2.38. The van der Waals surface area contributed by atoms with Crippen LogP contribution >= 0.6 is 11.3 Å². The summed E-state index contributed by atoms with van der Waals surface area (Å²) in [6, 6.07) is 9.23. The summed E-state index contributed by atoms with van der Waals surface area (Å²) >= 11 is 1.85. The molecule has 1 fully saturated rings. The van der Waals surface area contributed by atoms with Gasteiger partial charge in [0.25, 0.3) is 0 Å². The summed E-state index contributed by atoms with van der Waals surface area (Å²) in [5.41, 5.74) is 2.46. The van der Waals surface area contributed by atoms with Gasteiger partial charge in [-0.25, -0.2) is 4.39 Å². The van der Waals surface area contributed by atoms with Crippen molar-refractivity contribution in [1.82, 2.24) is 10.2 Å². The van der Waals surface area contributed by atoms with Gasteiger partial charge in [-0.15, -0.1) is 11.3 Å². The quantitative estimate of drug-likeness (QED) is 0.924. The number of carbonyl (C=O) groups excluding carboxylic acids is 1. The van der Waals surface area contributed by atoms with E-state index >= 15 is 0 Å². The van der Waals surface area contributed by atoms with Crippen LogP contribution in [0.15, 0.2) is 30.3 Å². The van der Waals surface area contributed by atoms with Crippen LogP contribution < -0.4 is 5.32 Å². The van der Waals surface area contributed by atoms with Crippen molar-refractivity contribution in [1.29, 1.82) is 0 Å². The largest absolute Gasteiger partial charge is 0.337 e. The molecule has 1 aliphatic heterocycles. The van der Waals surface area contributed by atoms with E-state index in [1.54, 1.807) is 0 Å². The number of fused-ring (bicyclic) bond motifs is 1. The third-order valence-corrected chi connectivity index (χ3v) is 6.10. The number of carbonyl (C=O) groups is 1. The number of halogens is 1. The Hall–Kier alpha value is -1.72. The van der Waals surface area contributed by atoms with Crippen LogP contribution in [0.25, 0.3) is 0 Å². The van der Waals surface area contributed by atoms with E-state index in [4.69, 9.17) is 0 Å². The summed E-state index contributed by atoms with van der Waals surface area (Å²) in [4.78, 5) is 17.2. The highest BCUT2D eigenvalue weighted by Crippen LogP contribution is 2.40. The molecule has 126 valence electrons. The monoisotopic (exact) mass is 344 g/mol. The highest BCUT2D eigenvalue weighted by molar-refractivity contribution is 7.12. The van der Waals surface area contributed by atoms with Crippen LogP contribution in [0.1, 0.15) is 33.2 Å². The second-order valence-electron chi connectivity index (χ2n) is 6.75. The fourth-order valence-corrected chi connectivity index (χ4v) is 4.56. The van der Waals surface area contributed by atoms with Crippen molar-refractivity contribution < 1.29 is 9.18 Å². The maximum absolute atomic E-state index is 13.0. The first kappa shape index (κ1) is 15.8. The second-order valence-corrected chi connectivity index (χ2v) is 8.09. The first-order valence-electron chi connectivity index (χ1n) is 8.45. The Kier molecular flexibility index (Phi) is 4.14. The minimum absolute atomic E-state index is 0.175. The van der Waals surface area contributed by atoms with E-state index in [1.165, 1.54) is 27.5 Å². The van der Waals surface area contributed by atoms with Crippen molar-refractivity contribution in [3.8, 4) is 0 Å². The smallest absolute Gasteiger partial charge is 0.236 e. The lowest BCUT2D eigenvalue weighted by molar-refractivity contribution is -0.131. The number of amides is 1. The molecule has 1 aromatic carbocycles. The molecule has 4 rings (SSSR count). The van der Waals surface area contributed by atoms with Crippen molar-refractivity contribution in [3.63, 3.8) is 0 Å². The number of aryl methyl sites for hydroxylation is 1. The third-order valence-electron chi connectivity index (χ3n) is 4.95. The minimum atomic E-state index is -0.202. The molecule has 2 aromatic rings. The van der Waals surface area contributed by atoms with Crippen molar-refractivity contribution >= 4 is 17.2 Å². The van der Waals surface area contributed by atoms with Gasteiger partial charge in [-0.1, -0.05) is 12.1 Å². The lowest BCUT2D eigenvalue weighted by Crippen LogP contribution is -2.41. The van der Waals surface area contributed by atoms with Gasteiger partial charge in [0.1, 0.15) is 5.82 Å².